The lowest BCUT2D eigenvalue weighted by molar-refractivity contribution is -0.124. The van der Waals surface area contributed by atoms with Gasteiger partial charge in [0.05, 0.1) is 13.2 Å². The highest BCUT2D eigenvalue weighted by Gasteiger charge is 2.12. The quantitative estimate of drug-likeness (QED) is 0.701. The van der Waals surface area contributed by atoms with E-state index in [2.05, 4.69) is 15.5 Å². The van der Waals surface area contributed by atoms with Crippen LogP contribution in [0.15, 0.2) is 24.3 Å². The van der Waals surface area contributed by atoms with E-state index in [4.69, 9.17) is 9.47 Å². The summed E-state index contributed by atoms with van der Waals surface area (Å²) in [4.78, 5) is 14.3. The summed E-state index contributed by atoms with van der Waals surface area (Å²) in [5.41, 5.74) is 1.05. The van der Waals surface area contributed by atoms with Crippen LogP contribution < -0.4 is 15.4 Å². The second kappa shape index (κ2) is 10.3. The summed E-state index contributed by atoms with van der Waals surface area (Å²) in [6, 6.07) is 7.90. The van der Waals surface area contributed by atoms with Crippen LogP contribution in [0.4, 0.5) is 0 Å². The normalized spacial score (nSPS) is 16.6. The van der Waals surface area contributed by atoms with E-state index in [-0.39, 0.29) is 11.8 Å². The first-order valence-corrected chi connectivity index (χ1v) is 8.63. The Kier molecular flexibility index (Phi) is 8.01. The molecule has 2 rings (SSSR count). The molecule has 1 atom stereocenters. The fourth-order valence-electron chi connectivity index (χ4n) is 2.62. The number of benzene rings is 1. The van der Waals surface area contributed by atoms with Crippen molar-refractivity contribution in [3.05, 3.63) is 29.8 Å². The van der Waals surface area contributed by atoms with Crippen molar-refractivity contribution in [2.45, 2.75) is 13.5 Å². The SMILES string of the molecule is CNCC(C)C(=O)NCc1cccc(OCCN2CCOCC2)c1. The molecule has 1 unspecified atom stereocenters. The van der Waals surface area contributed by atoms with Gasteiger partial charge < -0.3 is 20.1 Å². The van der Waals surface area contributed by atoms with E-state index in [0.717, 1.165) is 44.2 Å². The number of nitrogens with one attached hydrogen (secondary N) is 2. The summed E-state index contributed by atoms with van der Waals surface area (Å²) in [7, 11) is 1.85. The first kappa shape index (κ1) is 18.7. The number of morpholine rings is 1. The Balaban J connectivity index is 1.73. The third-order valence-electron chi connectivity index (χ3n) is 4.10. The molecule has 0 bridgehead atoms. The smallest absolute Gasteiger partial charge is 0.224 e. The lowest BCUT2D eigenvalue weighted by atomic mass is 10.1. The fraction of sp³-hybridized carbons (Fsp3) is 0.611. The van der Waals surface area contributed by atoms with E-state index in [0.29, 0.717) is 19.7 Å². The van der Waals surface area contributed by atoms with Gasteiger partial charge >= 0.3 is 0 Å². The van der Waals surface area contributed by atoms with Gasteiger partial charge in [0, 0.05) is 38.6 Å². The highest BCUT2D eigenvalue weighted by atomic mass is 16.5. The molecule has 6 nitrogen and oxygen atoms in total. The molecule has 1 amide bonds. The monoisotopic (exact) mass is 335 g/mol. The highest BCUT2D eigenvalue weighted by Crippen LogP contribution is 2.13. The zero-order valence-electron chi connectivity index (χ0n) is 14.7. The molecule has 2 N–H and O–H groups in total. The van der Waals surface area contributed by atoms with Gasteiger partial charge in [0.2, 0.25) is 5.91 Å². The summed E-state index contributed by atoms with van der Waals surface area (Å²) in [6.45, 7) is 8.24. The van der Waals surface area contributed by atoms with Gasteiger partial charge in [-0.15, -0.1) is 0 Å². The first-order chi connectivity index (χ1) is 11.7. The molecule has 1 heterocycles. The Morgan fingerprint density at radius 1 is 1.38 bits per heavy atom. The third-order valence-corrected chi connectivity index (χ3v) is 4.10. The Hall–Kier alpha value is -1.63. The van der Waals surface area contributed by atoms with E-state index in [1.807, 2.05) is 38.2 Å². The van der Waals surface area contributed by atoms with Crippen molar-refractivity contribution in [1.29, 1.82) is 0 Å². The number of ether oxygens (including phenoxy) is 2. The molecule has 1 aliphatic heterocycles. The van der Waals surface area contributed by atoms with Crippen LogP contribution >= 0.6 is 0 Å². The average molecular weight is 335 g/mol. The van der Waals surface area contributed by atoms with Crippen molar-refractivity contribution in [1.82, 2.24) is 15.5 Å². The van der Waals surface area contributed by atoms with Crippen molar-refractivity contribution in [2.24, 2.45) is 5.92 Å². The molecule has 134 valence electrons. The molecule has 0 spiro atoms. The minimum Gasteiger partial charge on any atom is -0.492 e. The summed E-state index contributed by atoms with van der Waals surface area (Å²) >= 11 is 0. The van der Waals surface area contributed by atoms with Gasteiger partial charge in [0.15, 0.2) is 0 Å². The number of hydrogen-bond acceptors (Lipinski definition) is 5. The van der Waals surface area contributed by atoms with Gasteiger partial charge in [-0.1, -0.05) is 19.1 Å². The average Bonchev–Trinajstić information content (AvgIpc) is 2.61. The van der Waals surface area contributed by atoms with Gasteiger partial charge in [-0.05, 0) is 24.7 Å². The van der Waals surface area contributed by atoms with Gasteiger partial charge in [-0.25, -0.2) is 0 Å². The minimum absolute atomic E-state index is 0.0389. The van der Waals surface area contributed by atoms with Crippen molar-refractivity contribution >= 4 is 5.91 Å². The number of carbonyl (C=O) groups excluding carboxylic acids is 1. The summed E-state index contributed by atoms with van der Waals surface area (Å²) in [5.74, 6) is 0.865. The molecule has 1 saturated heterocycles. The van der Waals surface area contributed by atoms with E-state index < -0.39 is 0 Å². The predicted molar refractivity (Wildman–Crippen MR) is 94.1 cm³/mol. The molecule has 0 saturated carbocycles. The maximum absolute atomic E-state index is 11.9. The topological polar surface area (TPSA) is 62.8 Å². The Morgan fingerprint density at radius 3 is 2.92 bits per heavy atom. The molecule has 0 radical (unpaired) electrons. The summed E-state index contributed by atoms with van der Waals surface area (Å²) < 4.78 is 11.2. The van der Waals surface area contributed by atoms with E-state index >= 15 is 0 Å². The first-order valence-electron chi connectivity index (χ1n) is 8.63. The minimum atomic E-state index is -0.0389. The number of rotatable bonds is 9. The zero-order chi connectivity index (χ0) is 17.2. The van der Waals surface area contributed by atoms with Crippen molar-refractivity contribution in [2.75, 3.05) is 53.0 Å². The van der Waals surface area contributed by atoms with Gasteiger partial charge in [-0.2, -0.15) is 0 Å². The summed E-state index contributed by atoms with van der Waals surface area (Å²) in [5, 5.41) is 5.98. The van der Waals surface area contributed by atoms with Crippen LogP contribution in [0.3, 0.4) is 0 Å². The molecular formula is C18H29N3O3. The van der Waals surface area contributed by atoms with Gasteiger partial charge in [0.25, 0.3) is 0 Å². The fourth-order valence-corrected chi connectivity index (χ4v) is 2.62. The Bertz CT molecular complexity index is 504. The van der Waals surface area contributed by atoms with E-state index in [1.54, 1.807) is 0 Å². The Morgan fingerprint density at radius 2 is 2.17 bits per heavy atom. The van der Waals surface area contributed by atoms with Crippen LogP contribution in [-0.4, -0.2) is 63.9 Å². The molecule has 1 aromatic rings. The second-order valence-corrected chi connectivity index (χ2v) is 6.13. The highest BCUT2D eigenvalue weighted by molar-refractivity contribution is 5.78. The molecule has 6 heteroatoms. The number of amides is 1. The predicted octanol–water partition coefficient (Wildman–Crippen LogP) is 0.869. The molecule has 1 aromatic carbocycles. The number of hydrogen-bond donors (Lipinski definition) is 2. The lowest BCUT2D eigenvalue weighted by Crippen LogP contribution is -2.38. The maximum atomic E-state index is 11.9. The molecule has 24 heavy (non-hydrogen) atoms. The number of nitrogens with zero attached hydrogens (tertiary/aromatic N) is 1. The van der Waals surface area contributed by atoms with Crippen LogP contribution in [0.1, 0.15) is 12.5 Å². The van der Waals surface area contributed by atoms with Crippen molar-refractivity contribution < 1.29 is 14.3 Å². The largest absolute Gasteiger partial charge is 0.492 e. The third kappa shape index (κ3) is 6.47. The van der Waals surface area contributed by atoms with E-state index in [9.17, 15) is 4.79 Å². The standard InChI is InChI=1S/C18H29N3O3/c1-15(13-19-2)18(22)20-14-16-4-3-5-17(12-16)24-11-8-21-6-9-23-10-7-21/h3-5,12,15,19H,6-11,13-14H2,1-2H3,(H,20,22). The zero-order valence-corrected chi connectivity index (χ0v) is 14.7. The molecule has 1 aliphatic rings. The van der Waals surface area contributed by atoms with Crippen LogP contribution in [0, 0.1) is 5.92 Å². The van der Waals surface area contributed by atoms with Crippen LogP contribution in [0.25, 0.3) is 0 Å². The molecule has 0 aromatic heterocycles. The maximum Gasteiger partial charge on any atom is 0.224 e. The van der Waals surface area contributed by atoms with Crippen LogP contribution in [0.2, 0.25) is 0 Å². The molecule has 1 fully saturated rings. The van der Waals surface area contributed by atoms with Crippen molar-refractivity contribution in [3.8, 4) is 5.75 Å². The lowest BCUT2D eigenvalue weighted by Gasteiger charge is -2.26. The molecule has 0 aliphatic carbocycles. The molecular weight excluding hydrogens is 306 g/mol. The Labute approximate surface area is 144 Å². The van der Waals surface area contributed by atoms with Crippen LogP contribution in [0.5, 0.6) is 5.75 Å². The van der Waals surface area contributed by atoms with E-state index in [1.165, 1.54) is 0 Å². The second-order valence-electron chi connectivity index (χ2n) is 6.13. The van der Waals surface area contributed by atoms with Crippen LogP contribution in [-0.2, 0) is 16.1 Å². The van der Waals surface area contributed by atoms with Gasteiger partial charge in [-0.3, -0.25) is 9.69 Å². The van der Waals surface area contributed by atoms with Gasteiger partial charge in [0.1, 0.15) is 12.4 Å². The number of carbonyl (C=O) groups is 1. The van der Waals surface area contributed by atoms with Crippen molar-refractivity contribution in [3.63, 3.8) is 0 Å². The summed E-state index contributed by atoms with van der Waals surface area (Å²) in [6.07, 6.45) is 0.